The van der Waals surface area contributed by atoms with Crippen LogP contribution in [0.4, 0.5) is 5.95 Å². The van der Waals surface area contributed by atoms with Crippen LogP contribution in [0.3, 0.4) is 0 Å². The Morgan fingerprint density at radius 2 is 2.31 bits per heavy atom. The van der Waals surface area contributed by atoms with Crippen LogP contribution in [-0.2, 0) is 11.8 Å². The molecule has 0 spiro atoms. The minimum atomic E-state index is -0.754. The number of nitrogens with one attached hydrogen (secondary N) is 1. The number of aromatic nitrogens is 2. The summed E-state index contributed by atoms with van der Waals surface area (Å²) < 4.78 is 1.83. The molecule has 5 heteroatoms. The van der Waals surface area contributed by atoms with Gasteiger partial charge in [-0.3, -0.25) is 4.79 Å². The fourth-order valence-corrected chi connectivity index (χ4v) is 1.59. The minimum absolute atomic E-state index is 0.364. The smallest absolute Gasteiger partial charge is 0.308 e. The fraction of sp³-hybridized carbons (Fsp3) is 0.636. The third-order valence-corrected chi connectivity index (χ3v) is 2.43. The van der Waals surface area contributed by atoms with E-state index in [0.29, 0.717) is 24.8 Å². The monoisotopic (exact) mass is 225 g/mol. The number of aliphatic carboxylic acids is 1. The van der Waals surface area contributed by atoms with Crippen molar-refractivity contribution < 1.29 is 9.90 Å². The second-order valence-electron chi connectivity index (χ2n) is 4.41. The lowest BCUT2D eigenvalue weighted by atomic mass is 9.97. The molecule has 1 heterocycles. The molecule has 0 bridgehead atoms. The Hall–Kier alpha value is -1.52. The van der Waals surface area contributed by atoms with Crippen molar-refractivity contribution in [2.24, 2.45) is 18.9 Å². The molecule has 0 fully saturated rings. The Labute approximate surface area is 95.5 Å². The molecule has 1 rings (SSSR count). The standard InChI is InChI=1S/C11H19N3O2/c1-8(2)6-9(10(15)16)7-13-11-12-4-5-14(11)3/h4-5,8-9H,6-7H2,1-3H3,(H,12,13)(H,15,16). The SMILES string of the molecule is CC(C)CC(CNc1nccn1C)C(=O)O. The molecule has 0 amide bonds. The largest absolute Gasteiger partial charge is 0.481 e. The first kappa shape index (κ1) is 12.5. The van der Waals surface area contributed by atoms with Gasteiger partial charge in [0.25, 0.3) is 0 Å². The van der Waals surface area contributed by atoms with Crippen LogP contribution >= 0.6 is 0 Å². The minimum Gasteiger partial charge on any atom is -0.481 e. The molecular weight excluding hydrogens is 206 g/mol. The predicted molar refractivity (Wildman–Crippen MR) is 62.3 cm³/mol. The number of nitrogens with zero attached hydrogens (tertiary/aromatic N) is 2. The zero-order valence-corrected chi connectivity index (χ0v) is 9.97. The molecule has 1 aromatic rings. The molecule has 0 aliphatic rings. The first-order valence-electron chi connectivity index (χ1n) is 5.44. The predicted octanol–water partition coefficient (Wildman–Crippen LogP) is 1.58. The number of hydrogen-bond donors (Lipinski definition) is 2. The van der Waals surface area contributed by atoms with Gasteiger partial charge in [0.1, 0.15) is 0 Å². The highest BCUT2D eigenvalue weighted by Gasteiger charge is 2.18. The summed E-state index contributed by atoms with van der Waals surface area (Å²) in [7, 11) is 1.87. The summed E-state index contributed by atoms with van der Waals surface area (Å²) >= 11 is 0. The van der Waals surface area contributed by atoms with E-state index in [1.54, 1.807) is 6.20 Å². The molecule has 1 aromatic heterocycles. The second kappa shape index (κ2) is 5.53. The van der Waals surface area contributed by atoms with Gasteiger partial charge >= 0.3 is 5.97 Å². The molecule has 16 heavy (non-hydrogen) atoms. The van der Waals surface area contributed by atoms with Crippen molar-refractivity contribution in [3.8, 4) is 0 Å². The van der Waals surface area contributed by atoms with Crippen LogP contribution in [0.5, 0.6) is 0 Å². The van der Waals surface area contributed by atoms with E-state index in [4.69, 9.17) is 5.11 Å². The molecule has 0 saturated heterocycles. The van der Waals surface area contributed by atoms with E-state index in [9.17, 15) is 4.79 Å². The maximum absolute atomic E-state index is 11.0. The average molecular weight is 225 g/mol. The van der Waals surface area contributed by atoms with E-state index >= 15 is 0 Å². The van der Waals surface area contributed by atoms with Crippen LogP contribution in [0, 0.1) is 11.8 Å². The van der Waals surface area contributed by atoms with Crippen molar-refractivity contribution in [2.45, 2.75) is 20.3 Å². The van der Waals surface area contributed by atoms with Crippen LogP contribution in [0.25, 0.3) is 0 Å². The van der Waals surface area contributed by atoms with Crippen molar-refractivity contribution in [3.05, 3.63) is 12.4 Å². The molecule has 1 atom stereocenters. The van der Waals surface area contributed by atoms with E-state index < -0.39 is 5.97 Å². The summed E-state index contributed by atoms with van der Waals surface area (Å²) in [5.74, 6) is -0.0358. The van der Waals surface area contributed by atoms with Crippen LogP contribution in [0.15, 0.2) is 12.4 Å². The average Bonchev–Trinajstić information content (AvgIpc) is 2.57. The summed E-state index contributed by atoms with van der Waals surface area (Å²) in [4.78, 5) is 15.1. The van der Waals surface area contributed by atoms with E-state index in [1.807, 2.05) is 31.7 Å². The van der Waals surface area contributed by atoms with Crippen molar-refractivity contribution >= 4 is 11.9 Å². The Kier molecular flexibility index (Phi) is 4.34. The van der Waals surface area contributed by atoms with Gasteiger partial charge in [0, 0.05) is 26.0 Å². The second-order valence-corrected chi connectivity index (χ2v) is 4.41. The number of anilines is 1. The van der Waals surface area contributed by atoms with Crippen molar-refractivity contribution in [1.29, 1.82) is 0 Å². The normalized spacial score (nSPS) is 12.8. The van der Waals surface area contributed by atoms with Crippen molar-refractivity contribution in [2.75, 3.05) is 11.9 Å². The highest BCUT2D eigenvalue weighted by atomic mass is 16.4. The van der Waals surface area contributed by atoms with Gasteiger partial charge in [-0.1, -0.05) is 13.8 Å². The molecule has 1 unspecified atom stereocenters. The first-order valence-corrected chi connectivity index (χ1v) is 5.44. The molecule has 0 saturated carbocycles. The van der Waals surface area contributed by atoms with Crippen LogP contribution < -0.4 is 5.32 Å². The fourth-order valence-electron chi connectivity index (χ4n) is 1.59. The molecule has 90 valence electrons. The van der Waals surface area contributed by atoms with E-state index in [1.165, 1.54) is 0 Å². The van der Waals surface area contributed by atoms with Gasteiger partial charge < -0.3 is 15.0 Å². The maximum atomic E-state index is 11.0. The van der Waals surface area contributed by atoms with Gasteiger partial charge in [0.05, 0.1) is 5.92 Å². The summed E-state index contributed by atoms with van der Waals surface area (Å²) in [6.07, 6.45) is 4.17. The first-order chi connectivity index (χ1) is 7.50. The van der Waals surface area contributed by atoms with E-state index in [2.05, 4.69) is 10.3 Å². The van der Waals surface area contributed by atoms with Gasteiger partial charge in [-0.15, -0.1) is 0 Å². The van der Waals surface area contributed by atoms with Crippen molar-refractivity contribution in [1.82, 2.24) is 9.55 Å². The number of carboxylic acids is 1. The van der Waals surface area contributed by atoms with E-state index in [0.717, 1.165) is 0 Å². The number of rotatable bonds is 6. The Bertz CT molecular complexity index is 347. The Balaban J connectivity index is 2.50. The third kappa shape index (κ3) is 3.56. The highest BCUT2D eigenvalue weighted by Crippen LogP contribution is 2.13. The zero-order valence-electron chi connectivity index (χ0n) is 9.97. The lowest BCUT2D eigenvalue weighted by Gasteiger charge is -2.15. The molecule has 0 radical (unpaired) electrons. The van der Waals surface area contributed by atoms with Crippen LogP contribution in [0.1, 0.15) is 20.3 Å². The molecule has 0 aliphatic heterocycles. The molecular formula is C11H19N3O2. The maximum Gasteiger partial charge on any atom is 0.308 e. The van der Waals surface area contributed by atoms with Crippen molar-refractivity contribution in [3.63, 3.8) is 0 Å². The third-order valence-electron chi connectivity index (χ3n) is 2.43. The molecule has 2 N–H and O–H groups in total. The van der Waals surface area contributed by atoms with Crippen LogP contribution in [-0.4, -0.2) is 27.2 Å². The van der Waals surface area contributed by atoms with Gasteiger partial charge in [-0.25, -0.2) is 4.98 Å². The van der Waals surface area contributed by atoms with Crippen LogP contribution in [0.2, 0.25) is 0 Å². The zero-order chi connectivity index (χ0) is 12.1. The number of carboxylic acid groups (broad SMARTS) is 1. The molecule has 0 aromatic carbocycles. The number of carbonyl (C=O) groups is 1. The van der Waals surface area contributed by atoms with Gasteiger partial charge in [0.15, 0.2) is 0 Å². The Morgan fingerprint density at radius 1 is 1.62 bits per heavy atom. The summed E-state index contributed by atoms with van der Waals surface area (Å²) in [6.45, 7) is 4.46. The molecule has 5 nitrogen and oxygen atoms in total. The Morgan fingerprint density at radius 3 is 2.75 bits per heavy atom. The number of imidazole rings is 1. The van der Waals surface area contributed by atoms with E-state index in [-0.39, 0.29) is 5.92 Å². The summed E-state index contributed by atoms with van der Waals surface area (Å²) in [5, 5.41) is 12.1. The number of aryl methyl sites for hydroxylation is 1. The molecule has 0 aliphatic carbocycles. The highest BCUT2D eigenvalue weighted by molar-refractivity contribution is 5.70. The summed E-state index contributed by atoms with van der Waals surface area (Å²) in [6, 6.07) is 0. The number of hydrogen-bond acceptors (Lipinski definition) is 3. The van der Waals surface area contributed by atoms with Gasteiger partial charge in [-0.2, -0.15) is 0 Å². The van der Waals surface area contributed by atoms with Gasteiger partial charge in [-0.05, 0) is 12.3 Å². The van der Waals surface area contributed by atoms with Gasteiger partial charge in [0.2, 0.25) is 5.95 Å². The lowest BCUT2D eigenvalue weighted by molar-refractivity contribution is -0.141. The summed E-state index contributed by atoms with van der Waals surface area (Å²) in [5.41, 5.74) is 0. The lowest BCUT2D eigenvalue weighted by Crippen LogP contribution is -2.25. The topological polar surface area (TPSA) is 67.2 Å². The quantitative estimate of drug-likeness (QED) is 0.771.